The molecule has 0 spiro atoms. The fourth-order valence-corrected chi connectivity index (χ4v) is 3.87. The Balaban J connectivity index is 1.78. The van der Waals surface area contributed by atoms with Gasteiger partial charge in [-0.3, -0.25) is 0 Å². The summed E-state index contributed by atoms with van der Waals surface area (Å²) < 4.78 is 1.94. The molecule has 0 aliphatic heterocycles. The average molecular weight is 281 g/mol. The van der Waals surface area contributed by atoms with E-state index in [9.17, 15) is 0 Å². The molecule has 2 N–H and O–H groups in total. The van der Waals surface area contributed by atoms with E-state index in [1.54, 1.807) is 23.1 Å². The van der Waals surface area contributed by atoms with Gasteiger partial charge in [-0.25, -0.2) is 4.68 Å². The Bertz CT molecular complexity index is 531. The largest absolute Gasteiger partial charge is 0.329 e. The van der Waals surface area contributed by atoms with Gasteiger partial charge in [0.05, 0.1) is 11.3 Å². The number of nitrogens with zero attached hydrogens (tertiary/aromatic N) is 4. The SMILES string of the molecule is Cc1ccc(C(CN)Sc2nnnn2C2CC2)s1. The summed E-state index contributed by atoms with van der Waals surface area (Å²) in [5.74, 6) is 0. The van der Waals surface area contributed by atoms with Crippen LogP contribution in [0.25, 0.3) is 0 Å². The van der Waals surface area contributed by atoms with E-state index in [1.807, 2.05) is 4.68 Å². The van der Waals surface area contributed by atoms with Crippen molar-refractivity contribution < 1.29 is 0 Å². The molecule has 0 bridgehead atoms. The molecule has 2 aromatic heterocycles. The van der Waals surface area contributed by atoms with Crippen LogP contribution in [-0.2, 0) is 0 Å². The van der Waals surface area contributed by atoms with E-state index in [1.165, 1.54) is 22.6 Å². The molecule has 7 heteroatoms. The van der Waals surface area contributed by atoms with Gasteiger partial charge in [0.25, 0.3) is 0 Å². The van der Waals surface area contributed by atoms with E-state index < -0.39 is 0 Å². The van der Waals surface area contributed by atoms with E-state index in [0.717, 1.165) is 5.16 Å². The zero-order valence-electron chi connectivity index (χ0n) is 10.1. The van der Waals surface area contributed by atoms with Gasteiger partial charge in [-0.05, 0) is 42.3 Å². The van der Waals surface area contributed by atoms with E-state index >= 15 is 0 Å². The van der Waals surface area contributed by atoms with Gasteiger partial charge < -0.3 is 5.73 Å². The second kappa shape index (κ2) is 4.99. The molecule has 0 aromatic carbocycles. The first-order valence-electron chi connectivity index (χ1n) is 5.99. The average Bonchev–Trinajstić information content (AvgIpc) is 2.96. The fraction of sp³-hybridized carbons (Fsp3) is 0.545. The maximum atomic E-state index is 5.88. The first-order valence-corrected chi connectivity index (χ1v) is 7.68. The summed E-state index contributed by atoms with van der Waals surface area (Å²) in [7, 11) is 0. The number of nitrogens with two attached hydrogens (primary N) is 1. The molecule has 18 heavy (non-hydrogen) atoms. The highest BCUT2D eigenvalue weighted by molar-refractivity contribution is 7.99. The zero-order chi connectivity index (χ0) is 12.5. The van der Waals surface area contributed by atoms with Crippen LogP contribution in [0.4, 0.5) is 0 Å². The van der Waals surface area contributed by atoms with Gasteiger partial charge in [0.1, 0.15) is 0 Å². The van der Waals surface area contributed by atoms with Crippen molar-refractivity contribution in [3.8, 4) is 0 Å². The van der Waals surface area contributed by atoms with Crippen LogP contribution < -0.4 is 5.73 Å². The molecule has 5 nitrogen and oxygen atoms in total. The first kappa shape index (κ1) is 12.1. The second-order valence-corrected chi connectivity index (χ2v) is 6.92. The molecular formula is C11H15N5S2. The molecule has 1 saturated carbocycles. The van der Waals surface area contributed by atoms with Crippen molar-refractivity contribution in [1.82, 2.24) is 20.2 Å². The Hall–Kier alpha value is -0.920. The summed E-state index contributed by atoms with van der Waals surface area (Å²) in [6.07, 6.45) is 2.37. The number of rotatable bonds is 5. The van der Waals surface area contributed by atoms with Crippen LogP contribution in [0.15, 0.2) is 17.3 Å². The third kappa shape index (κ3) is 2.43. The number of aryl methyl sites for hydroxylation is 1. The van der Waals surface area contributed by atoms with Crippen molar-refractivity contribution in [2.24, 2.45) is 5.73 Å². The lowest BCUT2D eigenvalue weighted by atomic mass is 10.3. The van der Waals surface area contributed by atoms with Gasteiger partial charge in [0.2, 0.25) is 5.16 Å². The highest BCUT2D eigenvalue weighted by Crippen LogP contribution is 2.41. The van der Waals surface area contributed by atoms with Gasteiger partial charge in [-0.2, -0.15) is 0 Å². The molecule has 1 unspecified atom stereocenters. The van der Waals surface area contributed by atoms with Crippen molar-refractivity contribution in [1.29, 1.82) is 0 Å². The summed E-state index contributed by atoms with van der Waals surface area (Å²) in [5.41, 5.74) is 5.88. The number of hydrogen-bond acceptors (Lipinski definition) is 6. The van der Waals surface area contributed by atoms with Gasteiger partial charge in [0.15, 0.2) is 0 Å². The summed E-state index contributed by atoms with van der Waals surface area (Å²) in [5, 5.41) is 13.1. The topological polar surface area (TPSA) is 69.6 Å². The van der Waals surface area contributed by atoms with Crippen molar-refractivity contribution >= 4 is 23.1 Å². The molecule has 1 aliphatic carbocycles. The lowest BCUT2D eigenvalue weighted by Gasteiger charge is -2.11. The van der Waals surface area contributed by atoms with E-state index in [4.69, 9.17) is 5.73 Å². The predicted octanol–water partition coefficient (Wildman–Crippen LogP) is 2.17. The fourth-order valence-electron chi connectivity index (χ4n) is 1.79. The number of thioether (sulfide) groups is 1. The van der Waals surface area contributed by atoms with Crippen LogP contribution >= 0.6 is 23.1 Å². The summed E-state index contributed by atoms with van der Waals surface area (Å²) >= 11 is 3.46. The third-order valence-electron chi connectivity index (χ3n) is 2.90. The minimum absolute atomic E-state index is 0.243. The molecule has 2 aromatic rings. The van der Waals surface area contributed by atoms with Crippen molar-refractivity contribution in [2.45, 2.75) is 36.2 Å². The van der Waals surface area contributed by atoms with Crippen LogP contribution in [0.1, 0.15) is 33.9 Å². The highest BCUT2D eigenvalue weighted by Gasteiger charge is 2.29. The zero-order valence-corrected chi connectivity index (χ0v) is 11.7. The van der Waals surface area contributed by atoms with E-state index in [-0.39, 0.29) is 5.25 Å². The van der Waals surface area contributed by atoms with Gasteiger partial charge in [-0.15, -0.1) is 16.4 Å². The molecule has 3 rings (SSSR count). The van der Waals surface area contributed by atoms with Crippen LogP contribution in [0.3, 0.4) is 0 Å². The van der Waals surface area contributed by atoms with Gasteiger partial charge >= 0.3 is 0 Å². The van der Waals surface area contributed by atoms with Crippen molar-refractivity contribution in [3.63, 3.8) is 0 Å². The number of tetrazole rings is 1. The Labute approximate surface area is 114 Å². The minimum atomic E-state index is 0.243. The first-order chi connectivity index (χ1) is 8.78. The van der Waals surface area contributed by atoms with Crippen molar-refractivity contribution in [2.75, 3.05) is 6.54 Å². The Morgan fingerprint density at radius 3 is 3.00 bits per heavy atom. The highest BCUT2D eigenvalue weighted by atomic mass is 32.2. The van der Waals surface area contributed by atoms with Crippen LogP contribution in [0.2, 0.25) is 0 Å². The lowest BCUT2D eigenvalue weighted by molar-refractivity contribution is 0.564. The molecule has 1 atom stereocenters. The van der Waals surface area contributed by atoms with E-state index in [0.29, 0.717) is 12.6 Å². The maximum Gasteiger partial charge on any atom is 0.210 e. The summed E-state index contributed by atoms with van der Waals surface area (Å²) in [4.78, 5) is 2.61. The predicted molar refractivity (Wildman–Crippen MR) is 72.8 cm³/mol. The van der Waals surface area contributed by atoms with Crippen molar-refractivity contribution in [3.05, 3.63) is 21.9 Å². The molecule has 0 radical (unpaired) electrons. The van der Waals surface area contributed by atoms with E-state index in [2.05, 4.69) is 34.6 Å². The Morgan fingerprint density at radius 1 is 1.56 bits per heavy atom. The quantitative estimate of drug-likeness (QED) is 0.851. The second-order valence-electron chi connectivity index (χ2n) is 4.43. The Morgan fingerprint density at radius 2 is 2.39 bits per heavy atom. The molecule has 2 heterocycles. The normalized spacial score (nSPS) is 17.0. The smallest absolute Gasteiger partial charge is 0.210 e. The molecule has 0 amide bonds. The molecule has 96 valence electrons. The third-order valence-corrected chi connectivity index (χ3v) is 5.37. The van der Waals surface area contributed by atoms with Gasteiger partial charge in [0, 0.05) is 16.3 Å². The van der Waals surface area contributed by atoms with Crippen LogP contribution in [0.5, 0.6) is 0 Å². The molecular weight excluding hydrogens is 266 g/mol. The maximum absolute atomic E-state index is 5.88. The Kier molecular flexibility index (Phi) is 3.36. The van der Waals surface area contributed by atoms with Gasteiger partial charge in [-0.1, -0.05) is 11.8 Å². The number of hydrogen-bond donors (Lipinski definition) is 1. The van der Waals surface area contributed by atoms with Crippen LogP contribution in [0, 0.1) is 6.92 Å². The minimum Gasteiger partial charge on any atom is -0.329 e. The lowest BCUT2D eigenvalue weighted by Crippen LogP contribution is -2.09. The number of thiophene rings is 1. The van der Waals surface area contributed by atoms with Crippen LogP contribution in [-0.4, -0.2) is 26.8 Å². The molecule has 1 aliphatic rings. The summed E-state index contributed by atoms with van der Waals surface area (Å²) in [6.45, 7) is 2.71. The molecule has 0 saturated heterocycles. The number of aromatic nitrogens is 4. The monoisotopic (exact) mass is 281 g/mol. The molecule has 1 fully saturated rings. The standard InChI is InChI=1S/C11H15N5S2/c1-7-2-5-9(17-7)10(6-12)18-11-13-14-15-16(11)8-3-4-8/h2,5,8,10H,3-4,6,12H2,1H3. The summed E-state index contributed by atoms with van der Waals surface area (Å²) in [6, 6.07) is 4.79.